The zero-order valence-corrected chi connectivity index (χ0v) is 11.0. The van der Waals surface area contributed by atoms with Crippen LogP contribution in [-0.4, -0.2) is 23.2 Å². The van der Waals surface area contributed by atoms with Crippen LogP contribution in [0.2, 0.25) is 0 Å². The van der Waals surface area contributed by atoms with Crippen molar-refractivity contribution in [3.8, 4) is 5.75 Å². The van der Waals surface area contributed by atoms with Crippen molar-refractivity contribution < 1.29 is 9.53 Å². The van der Waals surface area contributed by atoms with E-state index in [1.165, 1.54) is 11.3 Å². The standard InChI is InChI=1S/C13H11N3O2S/c1-18-10-6-7-19-11(10)13(17)14-12-8-4-2-3-5-9(8)15-16-12/h2-7H,1H3,(H2,14,15,16,17). The summed E-state index contributed by atoms with van der Waals surface area (Å²) < 4.78 is 5.13. The number of nitrogens with zero attached hydrogens (tertiary/aromatic N) is 1. The van der Waals surface area contributed by atoms with Crippen molar-refractivity contribution in [2.75, 3.05) is 12.4 Å². The number of carbonyl (C=O) groups excluding carboxylic acids is 1. The van der Waals surface area contributed by atoms with Crippen molar-refractivity contribution in [1.82, 2.24) is 10.2 Å². The number of benzene rings is 1. The van der Waals surface area contributed by atoms with Gasteiger partial charge in [0.15, 0.2) is 5.82 Å². The number of hydrogen-bond donors (Lipinski definition) is 2. The average Bonchev–Trinajstić information content (AvgIpc) is 3.05. The molecule has 2 aromatic heterocycles. The molecule has 0 fully saturated rings. The summed E-state index contributed by atoms with van der Waals surface area (Å²) >= 11 is 1.33. The number of rotatable bonds is 3. The zero-order chi connectivity index (χ0) is 13.2. The molecule has 5 nitrogen and oxygen atoms in total. The Balaban J connectivity index is 1.91. The zero-order valence-electron chi connectivity index (χ0n) is 10.1. The highest BCUT2D eigenvalue weighted by molar-refractivity contribution is 7.12. The van der Waals surface area contributed by atoms with Gasteiger partial charge in [0.05, 0.1) is 12.6 Å². The molecule has 1 aromatic carbocycles. The molecule has 0 aliphatic rings. The minimum Gasteiger partial charge on any atom is -0.495 e. The van der Waals surface area contributed by atoms with Crippen LogP contribution in [0, 0.1) is 0 Å². The van der Waals surface area contributed by atoms with E-state index in [0.29, 0.717) is 16.4 Å². The molecule has 3 aromatic rings. The molecule has 1 amide bonds. The van der Waals surface area contributed by atoms with Crippen LogP contribution < -0.4 is 10.1 Å². The minimum atomic E-state index is -0.218. The molecule has 3 rings (SSSR count). The van der Waals surface area contributed by atoms with E-state index < -0.39 is 0 Å². The highest BCUT2D eigenvalue weighted by Crippen LogP contribution is 2.26. The van der Waals surface area contributed by atoms with Gasteiger partial charge in [-0.05, 0) is 23.6 Å². The van der Waals surface area contributed by atoms with Gasteiger partial charge in [-0.2, -0.15) is 5.10 Å². The first-order chi connectivity index (χ1) is 9.29. The Kier molecular flexibility index (Phi) is 2.92. The van der Waals surface area contributed by atoms with E-state index in [9.17, 15) is 4.79 Å². The van der Waals surface area contributed by atoms with Gasteiger partial charge in [-0.25, -0.2) is 0 Å². The first-order valence-electron chi connectivity index (χ1n) is 5.65. The third-order valence-corrected chi connectivity index (χ3v) is 3.65. The Morgan fingerprint density at radius 2 is 2.21 bits per heavy atom. The number of aromatic nitrogens is 2. The Bertz CT molecular complexity index is 732. The number of amides is 1. The molecular formula is C13H11N3O2S. The fraction of sp³-hybridized carbons (Fsp3) is 0.0769. The van der Waals surface area contributed by atoms with Crippen molar-refractivity contribution in [1.29, 1.82) is 0 Å². The molecule has 0 spiro atoms. The molecule has 0 saturated heterocycles. The number of ether oxygens (including phenoxy) is 1. The van der Waals surface area contributed by atoms with Crippen molar-refractivity contribution in [3.05, 3.63) is 40.6 Å². The maximum atomic E-state index is 12.2. The van der Waals surface area contributed by atoms with Gasteiger partial charge >= 0.3 is 0 Å². The first-order valence-corrected chi connectivity index (χ1v) is 6.53. The van der Waals surface area contributed by atoms with Gasteiger partial charge in [-0.1, -0.05) is 12.1 Å². The topological polar surface area (TPSA) is 67.0 Å². The summed E-state index contributed by atoms with van der Waals surface area (Å²) in [7, 11) is 1.54. The fourth-order valence-electron chi connectivity index (χ4n) is 1.85. The van der Waals surface area contributed by atoms with Gasteiger partial charge in [0, 0.05) is 5.39 Å². The maximum Gasteiger partial charge on any atom is 0.270 e. The second-order valence-electron chi connectivity index (χ2n) is 3.89. The molecule has 0 radical (unpaired) electrons. The maximum absolute atomic E-state index is 12.2. The molecule has 0 saturated carbocycles. The molecule has 2 N–H and O–H groups in total. The molecule has 96 valence electrons. The van der Waals surface area contributed by atoms with Gasteiger partial charge in [0.1, 0.15) is 10.6 Å². The van der Waals surface area contributed by atoms with Crippen LogP contribution in [0.15, 0.2) is 35.7 Å². The Morgan fingerprint density at radius 3 is 3.05 bits per heavy atom. The molecule has 6 heteroatoms. The van der Waals surface area contributed by atoms with Gasteiger partial charge < -0.3 is 10.1 Å². The van der Waals surface area contributed by atoms with Crippen LogP contribution in [0.25, 0.3) is 10.9 Å². The molecular weight excluding hydrogens is 262 g/mol. The van der Waals surface area contributed by atoms with Crippen molar-refractivity contribution >= 4 is 34.0 Å². The fourth-order valence-corrected chi connectivity index (χ4v) is 2.60. The number of H-pyrrole nitrogens is 1. The summed E-state index contributed by atoms with van der Waals surface area (Å²) in [6.07, 6.45) is 0. The van der Waals surface area contributed by atoms with E-state index in [-0.39, 0.29) is 5.91 Å². The lowest BCUT2D eigenvalue weighted by atomic mass is 10.2. The lowest BCUT2D eigenvalue weighted by molar-refractivity contribution is 0.102. The normalized spacial score (nSPS) is 10.6. The third kappa shape index (κ3) is 2.06. The predicted octanol–water partition coefficient (Wildman–Crippen LogP) is 2.89. The van der Waals surface area contributed by atoms with E-state index in [1.54, 1.807) is 13.2 Å². The molecule has 0 unspecified atom stereocenters. The average molecular weight is 273 g/mol. The van der Waals surface area contributed by atoms with Crippen LogP contribution in [0.1, 0.15) is 9.67 Å². The number of fused-ring (bicyclic) bond motifs is 1. The molecule has 0 aliphatic carbocycles. The van der Waals surface area contributed by atoms with Crippen LogP contribution >= 0.6 is 11.3 Å². The molecule has 0 bridgehead atoms. The second kappa shape index (κ2) is 4.74. The molecule has 0 aliphatic heterocycles. The highest BCUT2D eigenvalue weighted by atomic mass is 32.1. The summed E-state index contributed by atoms with van der Waals surface area (Å²) in [5.74, 6) is 0.877. The SMILES string of the molecule is COc1ccsc1C(=O)Nc1n[nH]c2ccccc12. The largest absolute Gasteiger partial charge is 0.495 e. The summed E-state index contributed by atoms with van der Waals surface area (Å²) in [5, 5.41) is 12.5. The Hall–Kier alpha value is -2.34. The predicted molar refractivity (Wildman–Crippen MR) is 74.9 cm³/mol. The molecule has 19 heavy (non-hydrogen) atoms. The summed E-state index contributed by atoms with van der Waals surface area (Å²) in [6.45, 7) is 0. The van der Waals surface area contributed by atoms with Gasteiger partial charge in [-0.15, -0.1) is 11.3 Å². The minimum absolute atomic E-state index is 0.218. The monoisotopic (exact) mass is 273 g/mol. The van der Waals surface area contributed by atoms with Crippen molar-refractivity contribution in [3.63, 3.8) is 0 Å². The summed E-state index contributed by atoms with van der Waals surface area (Å²) in [5.41, 5.74) is 0.885. The number of para-hydroxylation sites is 1. The first kappa shape index (κ1) is 11.7. The van der Waals surface area contributed by atoms with E-state index >= 15 is 0 Å². The van der Waals surface area contributed by atoms with Crippen LogP contribution in [0.5, 0.6) is 5.75 Å². The number of anilines is 1. The van der Waals surface area contributed by atoms with E-state index in [0.717, 1.165) is 10.9 Å². The van der Waals surface area contributed by atoms with Crippen LogP contribution in [-0.2, 0) is 0 Å². The second-order valence-corrected chi connectivity index (χ2v) is 4.81. The van der Waals surface area contributed by atoms with E-state index in [1.807, 2.05) is 29.6 Å². The lowest BCUT2D eigenvalue weighted by Gasteiger charge is -2.03. The smallest absolute Gasteiger partial charge is 0.270 e. The number of carbonyl (C=O) groups is 1. The van der Waals surface area contributed by atoms with E-state index in [2.05, 4.69) is 15.5 Å². The molecule has 0 atom stereocenters. The van der Waals surface area contributed by atoms with Crippen molar-refractivity contribution in [2.45, 2.75) is 0 Å². The summed E-state index contributed by atoms with van der Waals surface area (Å²) in [6, 6.07) is 9.39. The number of methoxy groups -OCH3 is 1. The molecule has 2 heterocycles. The lowest BCUT2D eigenvalue weighted by Crippen LogP contribution is -2.11. The van der Waals surface area contributed by atoms with Crippen LogP contribution in [0.4, 0.5) is 5.82 Å². The highest BCUT2D eigenvalue weighted by Gasteiger charge is 2.16. The van der Waals surface area contributed by atoms with Crippen LogP contribution in [0.3, 0.4) is 0 Å². The Morgan fingerprint density at radius 1 is 1.37 bits per heavy atom. The van der Waals surface area contributed by atoms with Gasteiger partial charge in [-0.3, -0.25) is 9.89 Å². The van der Waals surface area contributed by atoms with Crippen molar-refractivity contribution in [2.24, 2.45) is 0 Å². The number of thiophene rings is 1. The third-order valence-electron chi connectivity index (χ3n) is 2.76. The quantitative estimate of drug-likeness (QED) is 0.771. The number of hydrogen-bond acceptors (Lipinski definition) is 4. The van der Waals surface area contributed by atoms with E-state index in [4.69, 9.17) is 4.74 Å². The number of aromatic amines is 1. The van der Waals surface area contributed by atoms with Gasteiger partial charge in [0.2, 0.25) is 0 Å². The van der Waals surface area contributed by atoms with Gasteiger partial charge in [0.25, 0.3) is 5.91 Å². The number of nitrogens with one attached hydrogen (secondary N) is 2. The summed E-state index contributed by atoms with van der Waals surface area (Å²) in [4.78, 5) is 12.7. The Labute approximate surface area is 113 Å².